The van der Waals surface area contributed by atoms with Crippen LogP contribution in [0.25, 0.3) is 10.9 Å². The van der Waals surface area contributed by atoms with Crippen molar-refractivity contribution in [1.29, 1.82) is 0 Å². The quantitative estimate of drug-likeness (QED) is 0.677. The SMILES string of the molecule is COC(=O)C(Cl)CNC(=O)c1nn(C)c2ccccc12. The summed E-state index contributed by atoms with van der Waals surface area (Å²) >= 11 is 5.77. The lowest BCUT2D eigenvalue weighted by atomic mass is 10.2. The van der Waals surface area contributed by atoms with Gasteiger partial charge in [0.15, 0.2) is 5.69 Å². The lowest BCUT2D eigenvalue weighted by Gasteiger charge is -2.07. The van der Waals surface area contributed by atoms with Gasteiger partial charge in [-0.25, -0.2) is 0 Å². The van der Waals surface area contributed by atoms with Crippen LogP contribution in [0.3, 0.4) is 0 Å². The van der Waals surface area contributed by atoms with Gasteiger partial charge >= 0.3 is 5.97 Å². The first kappa shape index (κ1) is 14.3. The van der Waals surface area contributed by atoms with E-state index in [1.54, 1.807) is 11.7 Å². The molecule has 0 fully saturated rings. The molecule has 7 heteroatoms. The molecule has 1 N–H and O–H groups in total. The van der Waals surface area contributed by atoms with E-state index in [0.29, 0.717) is 5.69 Å². The van der Waals surface area contributed by atoms with Crippen LogP contribution in [0.4, 0.5) is 0 Å². The van der Waals surface area contributed by atoms with Gasteiger partial charge in [-0.1, -0.05) is 18.2 Å². The van der Waals surface area contributed by atoms with Crippen molar-refractivity contribution in [2.24, 2.45) is 7.05 Å². The molecule has 0 spiro atoms. The minimum absolute atomic E-state index is 0.0159. The molecule has 0 saturated carbocycles. The van der Waals surface area contributed by atoms with Crippen molar-refractivity contribution in [3.8, 4) is 0 Å². The Morgan fingerprint density at radius 3 is 2.85 bits per heavy atom. The Hall–Kier alpha value is -2.08. The number of rotatable bonds is 4. The average Bonchev–Trinajstić information content (AvgIpc) is 2.81. The number of benzene rings is 1. The molecule has 0 aliphatic carbocycles. The fourth-order valence-electron chi connectivity index (χ4n) is 1.86. The number of nitrogens with zero attached hydrogens (tertiary/aromatic N) is 2. The molecule has 2 aromatic rings. The summed E-state index contributed by atoms with van der Waals surface area (Å²) in [5.41, 5.74) is 1.16. The van der Waals surface area contributed by atoms with Gasteiger partial charge in [0.1, 0.15) is 5.38 Å². The van der Waals surface area contributed by atoms with Crippen LogP contribution in [0, 0.1) is 0 Å². The average molecular weight is 296 g/mol. The van der Waals surface area contributed by atoms with Gasteiger partial charge in [-0.2, -0.15) is 5.10 Å². The molecule has 106 valence electrons. The second-order valence-electron chi connectivity index (χ2n) is 4.19. The second-order valence-corrected chi connectivity index (χ2v) is 4.72. The van der Waals surface area contributed by atoms with Crippen LogP contribution in [0.2, 0.25) is 0 Å². The third kappa shape index (κ3) is 2.75. The largest absolute Gasteiger partial charge is 0.468 e. The van der Waals surface area contributed by atoms with E-state index in [0.717, 1.165) is 10.9 Å². The normalized spacial score (nSPS) is 12.2. The van der Waals surface area contributed by atoms with E-state index in [4.69, 9.17) is 11.6 Å². The first-order chi connectivity index (χ1) is 9.54. The molecule has 1 unspecified atom stereocenters. The monoisotopic (exact) mass is 295 g/mol. The lowest BCUT2D eigenvalue weighted by molar-refractivity contribution is -0.140. The topological polar surface area (TPSA) is 73.2 Å². The zero-order valence-electron chi connectivity index (χ0n) is 11.1. The number of ether oxygens (including phenoxy) is 1. The van der Waals surface area contributed by atoms with Crippen molar-refractivity contribution in [1.82, 2.24) is 15.1 Å². The Bertz CT molecular complexity index is 653. The predicted molar refractivity (Wildman–Crippen MR) is 74.7 cm³/mol. The van der Waals surface area contributed by atoms with E-state index in [1.165, 1.54) is 7.11 Å². The molecule has 6 nitrogen and oxygen atoms in total. The number of nitrogens with one attached hydrogen (secondary N) is 1. The van der Waals surface area contributed by atoms with E-state index in [9.17, 15) is 9.59 Å². The summed E-state index contributed by atoms with van der Waals surface area (Å²) in [6.45, 7) is -0.0159. The second kappa shape index (κ2) is 5.92. The van der Waals surface area contributed by atoms with Crippen LogP contribution in [-0.2, 0) is 16.6 Å². The van der Waals surface area contributed by atoms with Crippen molar-refractivity contribution in [2.45, 2.75) is 5.38 Å². The van der Waals surface area contributed by atoms with Crippen LogP contribution in [0.1, 0.15) is 10.5 Å². The maximum absolute atomic E-state index is 12.1. The maximum atomic E-state index is 12.1. The number of carbonyl (C=O) groups is 2. The number of alkyl halides is 1. The number of amides is 1. The molecule has 0 saturated heterocycles. The molecular weight excluding hydrogens is 282 g/mol. The molecule has 0 aliphatic heterocycles. The molecule has 1 atom stereocenters. The summed E-state index contributed by atoms with van der Waals surface area (Å²) in [6.07, 6.45) is 0. The van der Waals surface area contributed by atoms with Crippen LogP contribution in [0.5, 0.6) is 0 Å². The Morgan fingerprint density at radius 2 is 2.15 bits per heavy atom. The molecule has 1 aromatic carbocycles. The van der Waals surface area contributed by atoms with E-state index in [2.05, 4.69) is 15.2 Å². The highest BCUT2D eigenvalue weighted by atomic mass is 35.5. The molecule has 1 heterocycles. The minimum atomic E-state index is -0.918. The van der Waals surface area contributed by atoms with Gasteiger partial charge in [0.2, 0.25) is 0 Å². The van der Waals surface area contributed by atoms with Crippen molar-refractivity contribution in [3.05, 3.63) is 30.0 Å². The van der Waals surface area contributed by atoms with Gasteiger partial charge in [0.05, 0.1) is 12.6 Å². The summed E-state index contributed by atoms with van der Waals surface area (Å²) in [4.78, 5) is 23.2. The zero-order valence-corrected chi connectivity index (χ0v) is 11.8. The van der Waals surface area contributed by atoms with E-state index in [1.807, 2.05) is 24.3 Å². The van der Waals surface area contributed by atoms with Gasteiger partial charge in [-0.15, -0.1) is 11.6 Å². The first-order valence-corrected chi connectivity index (χ1v) is 6.40. The Morgan fingerprint density at radius 1 is 1.45 bits per heavy atom. The summed E-state index contributed by atoms with van der Waals surface area (Å²) in [6, 6.07) is 7.39. The lowest BCUT2D eigenvalue weighted by Crippen LogP contribution is -2.34. The molecule has 2 rings (SSSR count). The summed E-state index contributed by atoms with van der Waals surface area (Å²) in [5, 5.41) is 6.58. The zero-order chi connectivity index (χ0) is 14.7. The number of halogens is 1. The Kier molecular flexibility index (Phi) is 4.24. The number of carbonyl (C=O) groups excluding carboxylic acids is 2. The number of aromatic nitrogens is 2. The highest BCUT2D eigenvalue weighted by molar-refractivity contribution is 6.30. The molecule has 0 aliphatic rings. The Balaban J connectivity index is 2.14. The third-order valence-electron chi connectivity index (χ3n) is 2.87. The molecule has 1 aromatic heterocycles. The van der Waals surface area contributed by atoms with E-state index >= 15 is 0 Å². The highest BCUT2D eigenvalue weighted by Crippen LogP contribution is 2.17. The molecule has 0 radical (unpaired) electrons. The van der Waals surface area contributed by atoms with Crippen LogP contribution < -0.4 is 5.32 Å². The number of hydrogen-bond donors (Lipinski definition) is 1. The number of methoxy groups -OCH3 is 1. The van der Waals surface area contributed by atoms with Crippen LogP contribution >= 0.6 is 11.6 Å². The number of esters is 1. The van der Waals surface area contributed by atoms with E-state index in [-0.39, 0.29) is 12.5 Å². The van der Waals surface area contributed by atoms with Crippen molar-refractivity contribution in [2.75, 3.05) is 13.7 Å². The smallest absolute Gasteiger partial charge is 0.325 e. The van der Waals surface area contributed by atoms with Gasteiger partial charge < -0.3 is 10.1 Å². The predicted octanol–water partition coefficient (Wildman–Crippen LogP) is 1.08. The Labute approximate surface area is 120 Å². The number of para-hydroxylation sites is 1. The minimum Gasteiger partial charge on any atom is -0.468 e. The first-order valence-electron chi connectivity index (χ1n) is 5.96. The van der Waals surface area contributed by atoms with Crippen LogP contribution in [-0.4, -0.2) is 40.7 Å². The van der Waals surface area contributed by atoms with Gasteiger partial charge in [0, 0.05) is 19.0 Å². The van der Waals surface area contributed by atoms with Gasteiger partial charge in [0.25, 0.3) is 5.91 Å². The van der Waals surface area contributed by atoms with Crippen molar-refractivity contribution >= 4 is 34.4 Å². The summed E-state index contributed by atoms with van der Waals surface area (Å²) in [5.74, 6) is -0.964. The third-order valence-corrected chi connectivity index (χ3v) is 3.20. The van der Waals surface area contributed by atoms with Crippen LogP contribution in [0.15, 0.2) is 24.3 Å². The van der Waals surface area contributed by atoms with Crippen molar-refractivity contribution < 1.29 is 14.3 Å². The summed E-state index contributed by atoms with van der Waals surface area (Å²) < 4.78 is 6.11. The van der Waals surface area contributed by atoms with Gasteiger partial charge in [-0.3, -0.25) is 14.3 Å². The standard InChI is InChI=1S/C13H14ClN3O3/c1-17-10-6-4-3-5-8(10)11(16-17)12(18)15-7-9(14)13(19)20-2/h3-6,9H,7H2,1-2H3,(H,15,18). The molecule has 1 amide bonds. The molecule has 20 heavy (non-hydrogen) atoms. The number of hydrogen-bond acceptors (Lipinski definition) is 4. The highest BCUT2D eigenvalue weighted by Gasteiger charge is 2.20. The van der Waals surface area contributed by atoms with Crippen molar-refractivity contribution in [3.63, 3.8) is 0 Å². The molecular formula is C13H14ClN3O3. The van der Waals surface area contributed by atoms with E-state index < -0.39 is 11.3 Å². The summed E-state index contributed by atoms with van der Waals surface area (Å²) in [7, 11) is 3.00. The number of fused-ring (bicyclic) bond motifs is 1. The molecule has 0 bridgehead atoms. The fraction of sp³-hybridized carbons (Fsp3) is 0.308. The maximum Gasteiger partial charge on any atom is 0.325 e. The van der Waals surface area contributed by atoms with Gasteiger partial charge in [-0.05, 0) is 6.07 Å². The fourth-order valence-corrected chi connectivity index (χ4v) is 2.03. The number of aryl methyl sites for hydroxylation is 1.